The van der Waals surface area contributed by atoms with Crippen molar-refractivity contribution in [3.05, 3.63) is 47.3 Å². The molecule has 2 rings (SSSR count). The summed E-state index contributed by atoms with van der Waals surface area (Å²) in [6, 6.07) is 3.09. The topological polar surface area (TPSA) is 15.3 Å². The van der Waals surface area contributed by atoms with Crippen LogP contribution in [0.1, 0.15) is 30.5 Å². The number of benzene rings is 1. The first-order valence-corrected chi connectivity index (χ1v) is 7.25. The van der Waals surface area contributed by atoms with Crippen molar-refractivity contribution in [2.24, 2.45) is 0 Å². The van der Waals surface area contributed by atoms with Crippen LogP contribution in [0.15, 0.2) is 30.4 Å². The lowest BCUT2D eigenvalue weighted by Crippen LogP contribution is -2.45. The van der Waals surface area contributed by atoms with Crippen LogP contribution in [0.3, 0.4) is 0 Å². The van der Waals surface area contributed by atoms with Gasteiger partial charge in [0.2, 0.25) is 0 Å². The summed E-state index contributed by atoms with van der Waals surface area (Å²) in [7, 11) is 0. The number of hydrogen-bond donors (Lipinski definition) is 1. The normalized spacial score (nSPS) is 16.7. The Kier molecular flexibility index (Phi) is 9.28. The van der Waals surface area contributed by atoms with E-state index >= 15 is 0 Å². The third-order valence-electron chi connectivity index (χ3n) is 3.83. The van der Waals surface area contributed by atoms with Crippen molar-refractivity contribution in [3.63, 3.8) is 0 Å². The molecule has 1 aliphatic rings. The Labute approximate surface area is 152 Å². The molecule has 1 aromatic rings. The smallest absolute Gasteiger partial charge is 0.314 e. The summed E-state index contributed by atoms with van der Waals surface area (Å²) in [5, 5.41) is 3.19. The zero-order chi connectivity index (χ0) is 16.3. The van der Waals surface area contributed by atoms with Crippen molar-refractivity contribution in [2.75, 3.05) is 26.2 Å². The first-order valence-electron chi connectivity index (χ1n) is 7.25. The van der Waals surface area contributed by atoms with Crippen LogP contribution in [0.4, 0.5) is 17.6 Å². The van der Waals surface area contributed by atoms with Crippen molar-refractivity contribution in [3.8, 4) is 0 Å². The van der Waals surface area contributed by atoms with E-state index in [1.54, 1.807) is 6.92 Å². The quantitative estimate of drug-likeness (QED) is 0.598. The lowest BCUT2D eigenvalue weighted by Gasteiger charge is -2.36. The molecule has 0 aliphatic carbocycles. The molecule has 1 aliphatic heterocycles. The molecule has 2 nitrogen and oxygen atoms in total. The summed E-state index contributed by atoms with van der Waals surface area (Å²) >= 11 is 0. The van der Waals surface area contributed by atoms with Crippen LogP contribution in [-0.2, 0) is 6.18 Å². The molecule has 24 heavy (non-hydrogen) atoms. The van der Waals surface area contributed by atoms with E-state index in [2.05, 4.69) is 11.9 Å². The van der Waals surface area contributed by atoms with Crippen LogP contribution >= 0.6 is 24.8 Å². The second kappa shape index (κ2) is 9.61. The highest BCUT2D eigenvalue weighted by Crippen LogP contribution is 2.36. The third-order valence-corrected chi connectivity index (χ3v) is 3.83. The number of piperazine rings is 1. The van der Waals surface area contributed by atoms with Crippen LogP contribution in [0.5, 0.6) is 0 Å². The lowest BCUT2D eigenvalue weighted by atomic mass is 9.95. The van der Waals surface area contributed by atoms with E-state index in [0.29, 0.717) is 19.5 Å². The number of halogens is 6. The molecule has 8 heteroatoms. The van der Waals surface area contributed by atoms with E-state index in [4.69, 9.17) is 0 Å². The third kappa shape index (κ3) is 5.62. The molecule has 0 bridgehead atoms. The van der Waals surface area contributed by atoms with Gasteiger partial charge in [-0.05, 0) is 19.4 Å². The Hall–Kier alpha value is -0.820. The molecule has 1 heterocycles. The minimum absolute atomic E-state index is 0. The van der Waals surface area contributed by atoms with Crippen molar-refractivity contribution in [1.29, 1.82) is 0 Å². The van der Waals surface area contributed by atoms with Gasteiger partial charge in [-0.2, -0.15) is 13.2 Å². The number of nitrogens with zero attached hydrogens (tertiary/aromatic N) is 1. The molecule has 0 saturated carbocycles. The Balaban J connectivity index is 0.00000264. The Morgan fingerprint density at radius 2 is 1.83 bits per heavy atom. The fourth-order valence-electron chi connectivity index (χ4n) is 2.79. The Morgan fingerprint density at radius 1 is 1.25 bits per heavy atom. The lowest BCUT2D eigenvalue weighted by molar-refractivity contribution is -0.140. The highest BCUT2D eigenvalue weighted by Gasteiger charge is 2.36. The average molecular weight is 389 g/mol. The largest absolute Gasteiger partial charge is 0.419 e. The molecule has 0 amide bonds. The molecular formula is C16H22Cl2F4N2. The maximum Gasteiger partial charge on any atom is 0.419 e. The number of rotatable bonds is 4. The number of alkyl halides is 3. The first-order chi connectivity index (χ1) is 10.3. The summed E-state index contributed by atoms with van der Waals surface area (Å²) in [4.78, 5) is 2.02. The molecule has 0 aromatic heterocycles. The summed E-state index contributed by atoms with van der Waals surface area (Å²) in [5.41, 5.74) is -0.285. The van der Waals surface area contributed by atoms with Gasteiger partial charge in [0, 0.05) is 37.8 Å². The summed E-state index contributed by atoms with van der Waals surface area (Å²) in [6.45, 7) is 8.47. The minimum Gasteiger partial charge on any atom is -0.314 e. The van der Waals surface area contributed by atoms with E-state index in [-0.39, 0.29) is 30.4 Å². The zero-order valence-electron chi connectivity index (χ0n) is 13.3. The SMILES string of the molecule is C=C(C)C[C@H](c1cccc(C(F)(F)F)c1F)N1CCNCC1.Cl.Cl. The van der Waals surface area contributed by atoms with Crippen molar-refractivity contribution in [2.45, 2.75) is 25.6 Å². The minimum atomic E-state index is -4.68. The van der Waals surface area contributed by atoms with E-state index in [9.17, 15) is 17.6 Å². The van der Waals surface area contributed by atoms with Crippen LogP contribution in [-0.4, -0.2) is 31.1 Å². The second-order valence-electron chi connectivity index (χ2n) is 5.67. The fourth-order valence-corrected chi connectivity index (χ4v) is 2.79. The van der Waals surface area contributed by atoms with Crippen LogP contribution < -0.4 is 5.32 Å². The van der Waals surface area contributed by atoms with Gasteiger partial charge < -0.3 is 5.32 Å². The van der Waals surface area contributed by atoms with Crippen LogP contribution in [0, 0.1) is 5.82 Å². The summed E-state index contributed by atoms with van der Waals surface area (Å²) < 4.78 is 53.2. The zero-order valence-corrected chi connectivity index (χ0v) is 15.0. The van der Waals surface area contributed by atoms with Gasteiger partial charge in [-0.1, -0.05) is 17.7 Å². The van der Waals surface area contributed by atoms with Gasteiger partial charge in [0.25, 0.3) is 0 Å². The van der Waals surface area contributed by atoms with E-state index < -0.39 is 23.6 Å². The van der Waals surface area contributed by atoms with Gasteiger partial charge in [0.15, 0.2) is 0 Å². The Morgan fingerprint density at radius 3 is 2.33 bits per heavy atom. The summed E-state index contributed by atoms with van der Waals surface area (Å²) in [6.07, 6.45) is -4.24. The first kappa shape index (κ1) is 23.2. The number of hydrogen-bond acceptors (Lipinski definition) is 2. The maximum absolute atomic E-state index is 14.4. The second-order valence-corrected chi connectivity index (χ2v) is 5.67. The highest BCUT2D eigenvalue weighted by atomic mass is 35.5. The van der Waals surface area contributed by atoms with Crippen LogP contribution in [0.2, 0.25) is 0 Å². The standard InChI is InChI=1S/C16H20F4N2.2ClH/c1-11(2)10-14(22-8-6-21-7-9-22)12-4-3-5-13(15(12)17)16(18,19)20;;/h3-5,14,21H,1,6-10H2,2H3;2*1H/t14-;;/m1../s1. The van der Waals surface area contributed by atoms with Gasteiger partial charge >= 0.3 is 6.18 Å². The molecule has 1 fully saturated rings. The van der Waals surface area contributed by atoms with Crippen molar-refractivity contribution in [1.82, 2.24) is 10.2 Å². The maximum atomic E-state index is 14.4. The Bertz CT molecular complexity index is 543. The monoisotopic (exact) mass is 388 g/mol. The van der Waals surface area contributed by atoms with E-state index in [1.807, 2.05) is 4.90 Å². The fraction of sp³-hybridized carbons (Fsp3) is 0.500. The molecular weight excluding hydrogens is 367 g/mol. The van der Waals surface area contributed by atoms with Gasteiger partial charge in [-0.25, -0.2) is 4.39 Å². The molecule has 1 atom stereocenters. The molecule has 1 saturated heterocycles. The summed E-state index contributed by atoms with van der Waals surface area (Å²) in [5.74, 6) is -1.17. The predicted octanol–water partition coefficient (Wildman–Crippen LogP) is 4.60. The van der Waals surface area contributed by atoms with Gasteiger partial charge in [-0.15, -0.1) is 31.4 Å². The molecule has 0 unspecified atom stereocenters. The van der Waals surface area contributed by atoms with Crippen molar-refractivity contribution < 1.29 is 17.6 Å². The highest BCUT2D eigenvalue weighted by molar-refractivity contribution is 5.85. The molecule has 1 N–H and O–H groups in total. The number of nitrogens with one attached hydrogen (secondary N) is 1. The molecule has 138 valence electrons. The predicted molar refractivity (Wildman–Crippen MR) is 92.5 cm³/mol. The van der Waals surface area contributed by atoms with E-state index in [1.165, 1.54) is 12.1 Å². The van der Waals surface area contributed by atoms with Crippen LogP contribution in [0.25, 0.3) is 0 Å². The average Bonchev–Trinajstić information content (AvgIpc) is 2.45. The van der Waals surface area contributed by atoms with Crippen molar-refractivity contribution >= 4 is 24.8 Å². The molecule has 0 spiro atoms. The molecule has 1 aromatic carbocycles. The van der Waals surface area contributed by atoms with Gasteiger partial charge in [-0.3, -0.25) is 4.90 Å². The van der Waals surface area contributed by atoms with Gasteiger partial charge in [0.05, 0.1) is 5.56 Å². The van der Waals surface area contributed by atoms with E-state index in [0.717, 1.165) is 24.7 Å². The molecule has 0 radical (unpaired) electrons. The van der Waals surface area contributed by atoms with Gasteiger partial charge in [0.1, 0.15) is 5.82 Å².